The highest BCUT2D eigenvalue weighted by Gasteiger charge is 2.02. The average molecular weight is 279 g/mol. The molecule has 0 bridgehead atoms. The van der Waals surface area contributed by atoms with Gasteiger partial charge >= 0.3 is 0 Å². The van der Waals surface area contributed by atoms with Gasteiger partial charge in [0.05, 0.1) is 12.8 Å². The minimum atomic E-state index is 0.150. The van der Waals surface area contributed by atoms with E-state index in [1.807, 2.05) is 25.1 Å². The van der Waals surface area contributed by atoms with Crippen molar-refractivity contribution in [1.29, 1.82) is 0 Å². The highest BCUT2D eigenvalue weighted by atomic mass is 32.1. The lowest BCUT2D eigenvalue weighted by molar-refractivity contribution is 0.288. The van der Waals surface area contributed by atoms with Crippen molar-refractivity contribution in [1.82, 2.24) is 5.43 Å². The summed E-state index contributed by atoms with van der Waals surface area (Å²) in [6.45, 7) is 7.12. The molecule has 5 heteroatoms. The van der Waals surface area contributed by atoms with Crippen molar-refractivity contribution in [3.63, 3.8) is 0 Å². The van der Waals surface area contributed by atoms with E-state index in [0.717, 1.165) is 29.9 Å². The summed E-state index contributed by atoms with van der Waals surface area (Å²) in [6.07, 6.45) is 2.70. The molecule has 4 nitrogen and oxygen atoms in total. The van der Waals surface area contributed by atoms with E-state index >= 15 is 0 Å². The van der Waals surface area contributed by atoms with E-state index in [9.17, 15) is 0 Å². The number of hydrazone groups is 1. The summed E-state index contributed by atoms with van der Waals surface area (Å²) in [5, 5.41) is 4.07. The summed E-state index contributed by atoms with van der Waals surface area (Å²) in [4.78, 5) is 0. The monoisotopic (exact) mass is 279 g/mol. The number of aryl methyl sites for hydroxylation is 1. The maximum absolute atomic E-state index is 5.78. The summed E-state index contributed by atoms with van der Waals surface area (Å²) in [7, 11) is 0. The van der Waals surface area contributed by atoms with E-state index in [1.54, 1.807) is 6.21 Å². The topological polar surface area (TPSA) is 59.6 Å². The van der Waals surface area contributed by atoms with Crippen LogP contribution in [-0.2, 0) is 0 Å². The third-order valence-electron chi connectivity index (χ3n) is 2.55. The summed E-state index contributed by atoms with van der Waals surface area (Å²) < 4.78 is 5.78. The van der Waals surface area contributed by atoms with Gasteiger partial charge in [-0.3, -0.25) is 5.43 Å². The second-order valence-electron chi connectivity index (χ2n) is 4.79. The van der Waals surface area contributed by atoms with Crippen LogP contribution in [0.15, 0.2) is 23.3 Å². The maximum atomic E-state index is 5.78. The van der Waals surface area contributed by atoms with Crippen molar-refractivity contribution >= 4 is 23.5 Å². The highest BCUT2D eigenvalue weighted by Crippen LogP contribution is 2.19. The fourth-order valence-corrected chi connectivity index (χ4v) is 1.48. The number of nitrogens with one attached hydrogen (secondary N) is 1. The van der Waals surface area contributed by atoms with Crippen molar-refractivity contribution in [3.05, 3.63) is 29.3 Å². The zero-order valence-corrected chi connectivity index (χ0v) is 12.5. The van der Waals surface area contributed by atoms with Gasteiger partial charge in [0.1, 0.15) is 5.75 Å². The lowest BCUT2D eigenvalue weighted by atomic mass is 10.1. The minimum absolute atomic E-state index is 0.150. The molecule has 0 saturated heterocycles. The van der Waals surface area contributed by atoms with E-state index < -0.39 is 0 Å². The Morgan fingerprint density at radius 3 is 2.89 bits per heavy atom. The van der Waals surface area contributed by atoms with Crippen LogP contribution in [0.3, 0.4) is 0 Å². The SMILES string of the molecule is Cc1ccc(C=NNC(N)=S)cc1OCCC(C)C. The van der Waals surface area contributed by atoms with Crippen LogP contribution in [0.5, 0.6) is 5.75 Å². The van der Waals surface area contributed by atoms with Crippen molar-refractivity contribution in [2.45, 2.75) is 27.2 Å². The van der Waals surface area contributed by atoms with Crippen LogP contribution >= 0.6 is 12.2 Å². The highest BCUT2D eigenvalue weighted by molar-refractivity contribution is 7.80. The average Bonchev–Trinajstić information content (AvgIpc) is 2.32. The van der Waals surface area contributed by atoms with Gasteiger partial charge in [-0.15, -0.1) is 0 Å². The molecule has 0 heterocycles. The van der Waals surface area contributed by atoms with E-state index in [4.69, 9.17) is 10.5 Å². The molecule has 0 aliphatic heterocycles. The second kappa shape index (κ2) is 7.74. The molecule has 1 aromatic rings. The molecule has 0 aliphatic carbocycles. The van der Waals surface area contributed by atoms with Crippen LogP contribution < -0.4 is 15.9 Å². The van der Waals surface area contributed by atoms with E-state index in [2.05, 4.69) is 36.6 Å². The summed E-state index contributed by atoms with van der Waals surface area (Å²) in [5.74, 6) is 1.53. The van der Waals surface area contributed by atoms with E-state index in [0.29, 0.717) is 5.92 Å². The zero-order chi connectivity index (χ0) is 14.3. The number of ether oxygens (including phenoxy) is 1. The quantitative estimate of drug-likeness (QED) is 0.477. The summed E-state index contributed by atoms with van der Waals surface area (Å²) in [6, 6.07) is 5.93. The molecular formula is C14H21N3OS. The molecule has 0 radical (unpaired) electrons. The number of nitrogens with two attached hydrogens (primary N) is 1. The lowest BCUT2D eigenvalue weighted by Gasteiger charge is -2.11. The Hall–Kier alpha value is -1.62. The molecule has 0 fully saturated rings. The van der Waals surface area contributed by atoms with Gasteiger partial charge in [0.25, 0.3) is 0 Å². The van der Waals surface area contributed by atoms with Crippen LogP contribution in [0.2, 0.25) is 0 Å². The predicted octanol–water partition coefficient (Wildman–Crippen LogP) is 2.59. The Kier molecular flexibility index (Phi) is 6.29. The van der Waals surface area contributed by atoms with Gasteiger partial charge in [0.2, 0.25) is 0 Å². The Labute approximate surface area is 120 Å². The first-order chi connectivity index (χ1) is 8.99. The van der Waals surface area contributed by atoms with E-state index in [-0.39, 0.29) is 5.11 Å². The van der Waals surface area contributed by atoms with Gasteiger partial charge in [0, 0.05) is 0 Å². The standard InChI is InChI=1S/C14H21N3OS/c1-10(2)6-7-18-13-8-12(5-4-11(13)3)9-16-17-14(15)19/h4-5,8-10H,6-7H2,1-3H3,(H3,15,17,19). The first-order valence-electron chi connectivity index (χ1n) is 6.31. The Morgan fingerprint density at radius 1 is 1.53 bits per heavy atom. The molecule has 3 N–H and O–H groups in total. The van der Waals surface area contributed by atoms with Crippen LogP contribution in [0.4, 0.5) is 0 Å². The van der Waals surface area contributed by atoms with Crippen LogP contribution in [-0.4, -0.2) is 17.9 Å². The van der Waals surface area contributed by atoms with Crippen molar-refractivity contribution in [3.8, 4) is 5.75 Å². The number of benzene rings is 1. The third kappa shape index (κ3) is 6.20. The third-order valence-corrected chi connectivity index (χ3v) is 2.64. The molecule has 0 aromatic heterocycles. The molecule has 19 heavy (non-hydrogen) atoms. The Morgan fingerprint density at radius 2 is 2.26 bits per heavy atom. The van der Waals surface area contributed by atoms with Crippen LogP contribution in [0.1, 0.15) is 31.4 Å². The summed E-state index contributed by atoms with van der Waals surface area (Å²) in [5.41, 5.74) is 9.86. The van der Waals surface area contributed by atoms with Gasteiger partial charge in [-0.05, 0) is 48.7 Å². The van der Waals surface area contributed by atoms with Gasteiger partial charge in [-0.2, -0.15) is 5.10 Å². The summed E-state index contributed by atoms with van der Waals surface area (Å²) >= 11 is 4.67. The minimum Gasteiger partial charge on any atom is -0.493 e. The first kappa shape index (κ1) is 15.4. The van der Waals surface area contributed by atoms with Gasteiger partial charge in [-0.1, -0.05) is 26.0 Å². The van der Waals surface area contributed by atoms with Gasteiger partial charge < -0.3 is 10.5 Å². The van der Waals surface area contributed by atoms with E-state index in [1.165, 1.54) is 0 Å². The lowest BCUT2D eigenvalue weighted by Crippen LogP contribution is -2.23. The molecule has 1 aromatic carbocycles. The number of rotatable bonds is 6. The van der Waals surface area contributed by atoms with Crippen molar-refractivity contribution in [2.75, 3.05) is 6.61 Å². The van der Waals surface area contributed by atoms with Gasteiger partial charge in [-0.25, -0.2) is 0 Å². The van der Waals surface area contributed by atoms with Crippen LogP contribution in [0.25, 0.3) is 0 Å². The predicted molar refractivity (Wildman–Crippen MR) is 83.6 cm³/mol. The second-order valence-corrected chi connectivity index (χ2v) is 5.23. The van der Waals surface area contributed by atoms with Gasteiger partial charge in [0.15, 0.2) is 5.11 Å². The Balaban J connectivity index is 2.65. The number of thiocarbonyl (C=S) groups is 1. The molecule has 1 rings (SSSR count). The smallest absolute Gasteiger partial charge is 0.184 e. The molecule has 0 spiro atoms. The zero-order valence-electron chi connectivity index (χ0n) is 11.6. The molecule has 0 aliphatic rings. The maximum Gasteiger partial charge on any atom is 0.184 e. The Bertz CT molecular complexity index is 458. The number of hydrogen-bond acceptors (Lipinski definition) is 3. The fraction of sp³-hybridized carbons (Fsp3) is 0.429. The van der Waals surface area contributed by atoms with Crippen LogP contribution in [0, 0.1) is 12.8 Å². The number of hydrogen-bond donors (Lipinski definition) is 2. The van der Waals surface area contributed by atoms with Crippen molar-refractivity contribution < 1.29 is 4.74 Å². The molecule has 0 atom stereocenters. The van der Waals surface area contributed by atoms with Crippen molar-refractivity contribution in [2.24, 2.45) is 16.8 Å². The normalized spacial score (nSPS) is 10.9. The molecular weight excluding hydrogens is 258 g/mol. The number of nitrogens with zero attached hydrogens (tertiary/aromatic N) is 1. The fourth-order valence-electron chi connectivity index (χ4n) is 1.43. The first-order valence-corrected chi connectivity index (χ1v) is 6.72. The largest absolute Gasteiger partial charge is 0.493 e. The molecule has 0 saturated carbocycles. The molecule has 0 unspecified atom stereocenters. The molecule has 104 valence electrons. The molecule has 0 amide bonds.